The summed E-state index contributed by atoms with van der Waals surface area (Å²) in [5, 5.41) is 14.0. The van der Waals surface area contributed by atoms with E-state index in [1.54, 1.807) is 24.3 Å². The Labute approximate surface area is 226 Å². The number of amides is 5. The lowest BCUT2D eigenvalue weighted by Gasteiger charge is -2.21. The molecule has 5 amide bonds. The van der Waals surface area contributed by atoms with E-state index in [0.717, 1.165) is 9.80 Å². The standard InChI is InChI=1S/C30H17N3O7/c34-25(31-24-12-6-5-11-23(24)30(39)40)16-13-17(32-26(35)19-7-1-2-8-20(19)27(32)36)15-18(14-16)33-28(37)21-9-3-4-10-22(21)29(33)38/h1-15H,(H,31,34)(H,39,40)/p-1. The quantitative estimate of drug-likeness (QED) is 0.391. The summed E-state index contributed by atoms with van der Waals surface area (Å²) in [5.41, 5.74) is 0.0554. The highest BCUT2D eigenvalue weighted by Gasteiger charge is 2.40. The number of hydrogen-bond acceptors (Lipinski definition) is 7. The van der Waals surface area contributed by atoms with Crippen LogP contribution in [0.3, 0.4) is 0 Å². The van der Waals surface area contributed by atoms with E-state index >= 15 is 0 Å². The normalized spacial score (nSPS) is 13.9. The summed E-state index contributed by atoms with van der Waals surface area (Å²) in [6.45, 7) is 0. The highest BCUT2D eigenvalue weighted by molar-refractivity contribution is 6.36. The maximum absolute atomic E-state index is 13.4. The second-order valence-electron chi connectivity index (χ2n) is 9.01. The average molecular weight is 530 g/mol. The predicted octanol–water partition coefficient (Wildman–Crippen LogP) is 2.90. The maximum atomic E-state index is 13.4. The number of para-hydroxylation sites is 1. The molecule has 0 radical (unpaired) electrons. The third-order valence-corrected chi connectivity index (χ3v) is 6.66. The van der Waals surface area contributed by atoms with Gasteiger partial charge in [0.1, 0.15) is 0 Å². The molecule has 40 heavy (non-hydrogen) atoms. The Kier molecular flexibility index (Phi) is 5.58. The molecule has 4 aromatic rings. The summed E-state index contributed by atoms with van der Waals surface area (Å²) in [7, 11) is 0. The minimum absolute atomic E-state index is 0.0547. The third-order valence-electron chi connectivity index (χ3n) is 6.66. The van der Waals surface area contributed by atoms with E-state index in [4.69, 9.17) is 0 Å². The van der Waals surface area contributed by atoms with Crippen LogP contribution < -0.4 is 20.2 Å². The van der Waals surface area contributed by atoms with Gasteiger partial charge in [0, 0.05) is 11.1 Å². The van der Waals surface area contributed by atoms with Crippen LogP contribution in [0.25, 0.3) is 0 Å². The van der Waals surface area contributed by atoms with Crippen LogP contribution >= 0.6 is 0 Å². The number of anilines is 3. The highest BCUT2D eigenvalue weighted by Crippen LogP contribution is 2.35. The van der Waals surface area contributed by atoms with Gasteiger partial charge in [0.05, 0.1) is 45.3 Å². The fraction of sp³-hybridized carbons (Fsp3) is 0. The van der Waals surface area contributed by atoms with Gasteiger partial charge in [-0.2, -0.15) is 0 Å². The van der Waals surface area contributed by atoms with Crippen LogP contribution in [0, 0.1) is 0 Å². The van der Waals surface area contributed by atoms with Gasteiger partial charge in [-0.1, -0.05) is 42.5 Å². The van der Waals surface area contributed by atoms with Crippen molar-refractivity contribution in [3.05, 3.63) is 124 Å². The third kappa shape index (κ3) is 3.74. The molecule has 0 aliphatic carbocycles. The van der Waals surface area contributed by atoms with Gasteiger partial charge in [0.2, 0.25) is 0 Å². The number of benzene rings is 4. The average Bonchev–Trinajstić information content (AvgIpc) is 3.37. The number of nitrogens with zero attached hydrogens (tertiary/aromatic N) is 2. The van der Waals surface area contributed by atoms with Crippen LogP contribution in [-0.4, -0.2) is 35.5 Å². The fourth-order valence-electron chi connectivity index (χ4n) is 4.80. The summed E-state index contributed by atoms with van der Waals surface area (Å²) in [4.78, 5) is 79.5. The maximum Gasteiger partial charge on any atom is 0.266 e. The Balaban J connectivity index is 1.47. The van der Waals surface area contributed by atoms with Crippen molar-refractivity contribution in [1.82, 2.24) is 0 Å². The number of nitrogens with one attached hydrogen (secondary N) is 1. The van der Waals surface area contributed by atoms with E-state index in [-0.39, 0.29) is 50.4 Å². The van der Waals surface area contributed by atoms with Crippen molar-refractivity contribution < 1.29 is 33.9 Å². The van der Waals surface area contributed by atoms with Gasteiger partial charge in [-0.05, 0) is 48.5 Å². The molecule has 2 heterocycles. The number of carboxylic acid groups (broad SMARTS) is 1. The molecule has 10 nitrogen and oxygen atoms in total. The molecule has 0 saturated heterocycles. The van der Waals surface area contributed by atoms with E-state index in [2.05, 4.69) is 5.32 Å². The summed E-state index contributed by atoms with van der Waals surface area (Å²) in [6.07, 6.45) is 0. The fourth-order valence-corrected chi connectivity index (χ4v) is 4.80. The number of carboxylic acids is 1. The van der Waals surface area contributed by atoms with E-state index in [1.165, 1.54) is 66.7 Å². The first-order valence-electron chi connectivity index (χ1n) is 12.0. The number of carbonyl (C=O) groups excluding carboxylic acids is 6. The molecule has 10 heteroatoms. The van der Waals surface area contributed by atoms with Crippen LogP contribution in [0.15, 0.2) is 91.0 Å². The van der Waals surface area contributed by atoms with E-state index in [0.29, 0.717) is 0 Å². The molecule has 0 unspecified atom stereocenters. The van der Waals surface area contributed by atoms with Crippen molar-refractivity contribution in [2.45, 2.75) is 0 Å². The molecule has 194 valence electrons. The van der Waals surface area contributed by atoms with Crippen molar-refractivity contribution in [3.8, 4) is 0 Å². The minimum Gasteiger partial charge on any atom is -0.545 e. The Morgan fingerprint density at radius 2 is 0.975 bits per heavy atom. The van der Waals surface area contributed by atoms with Gasteiger partial charge in [-0.25, -0.2) is 9.80 Å². The number of rotatable bonds is 5. The van der Waals surface area contributed by atoms with Crippen molar-refractivity contribution in [2.24, 2.45) is 0 Å². The summed E-state index contributed by atoms with van der Waals surface area (Å²) >= 11 is 0. The Morgan fingerprint density at radius 3 is 1.40 bits per heavy atom. The molecule has 2 aliphatic rings. The number of aromatic carboxylic acids is 1. The smallest absolute Gasteiger partial charge is 0.266 e. The number of carbonyl (C=O) groups is 6. The first-order chi connectivity index (χ1) is 19.3. The predicted molar refractivity (Wildman–Crippen MR) is 140 cm³/mol. The molecule has 0 saturated carbocycles. The zero-order chi connectivity index (χ0) is 28.1. The molecule has 0 atom stereocenters. The van der Waals surface area contributed by atoms with Gasteiger partial charge < -0.3 is 15.2 Å². The minimum atomic E-state index is -1.51. The Bertz CT molecular complexity index is 1660. The molecule has 0 spiro atoms. The van der Waals surface area contributed by atoms with Crippen molar-refractivity contribution in [2.75, 3.05) is 15.1 Å². The number of fused-ring (bicyclic) bond motifs is 2. The van der Waals surface area contributed by atoms with Gasteiger partial charge in [0.25, 0.3) is 29.5 Å². The molecule has 4 aromatic carbocycles. The monoisotopic (exact) mass is 530 g/mol. The first-order valence-corrected chi connectivity index (χ1v) is 12.0. The van der Waals surface area contributed by atoms with Crippen molar-refractivity contribution in [1.29, 1.82) is 0 Å². The lowest BCUT2D eigenvalue weighted by atomic mass is 10.1. The molecule has 2 aliphatic heterocycles. The molecule has 0 bridgehead atoms. The topological polar surface area (TPSA) is 144 Å². The van der Waals surface area contributed by atoms with E-state index in [1.807, 2.05) is 0 Å². The Hall–Kier alpha value is -5.90. The zero-order valence-electron chi connectivity index (χ0n) is 20.4. The summed E-state index contributed by atoms with van der Waals surface area (Å²) in [5.74, 6) is -4.91. The Morgan fingerprint density at radius 1 is 0.575 bits per heavy atom. The van der Waals surface area contributed by atoms with Crippen LogP contribution in [0.5, 0.6) is 0 Å². The van der Waals surface area contributed by atoms with Gasteiger partial charge in [0.15, 0.2) is 0 Å². The number of hydrogen-bond donors (Lipinski definition) is 1. The molecule has 1 N–H and O–H groups in total. The van der Waals surface area contributed by atoms with Crippen molar-refractivity contribution >= 4 is 52.6 Å². The second kappa shape index (κ2) is 9.14. The lowest BCUT2D eigenvalue weighted by Crippen LogP contribution is -2.32. The lowest BCUT2D eigenvalue weighted by molar-refractivity contribution is -0.254. The van der Waals surface area contributed by atoms with E-state index in [9.17, 15) is 33.9 Å². The summed E-state index contributed by atoms with van der Waals surface area (Å²) in [6, 6.07) is 21.8. The highest BCUT2D eigenvalue weighted by atomic mass is 16.4. The zero-order valence-corrected chi connectivity index (χ0v) is 20.4. The molecule has 0 aromatic heterocycles. The van der Waals surface area contributed by atoms with Crippen LogP contribution in [0.1, 0.15) is 62.1 Å². The molecular formula is C30H16N3O7-. The second-order valence-corrected chi connectivity index (χ2v) is 9.01. The van der Waals surface area contributed by atoms with Crippen LogP contribution in [0.4, 0.5) is 17.1 Å². The van der Waals surface area contributed by atoms with Gasteiger partial charge in [-0.15, -0.1) is 0 Å². The summed E-state index contributed by atoms with van der Waals surface area (Å²) < 4.78 is 0. The number of imide groups is 2. The molecule has 6 rings (SSSR count). The van der Waals surface area contributed by atoms with E-state index < -0.39 is 35.5 Å². The van der Waals surface area contributed by atoms with Crippen LogP contribution in [-0.2, 0) is 0 Å². The van der Waals surface area contributed by atoms with Crippen molar-refractivity contribution in [3.63, 3.8) is 0 Å². The van der Waals surface area contributed by atoms with Gasteiger partial charge in [-0.3, -0.25) is 24.0 Å². The largest absolute Gasteiger partial charge is 0.545 e. The molecular weight excluding hydrogens is 514 g/mol. The first kappa shape index (κ1) is 24.4. The van der Waals surface area contributed by atoms with Crippen LogP contribution in [0.2, 0.25) is 0 Å². The molecule has 0 fully saturated rings. The SMILES string of the molecule is O=C(Nc1ccccc1C(=O)[O-])c1cc(N2C(=O)c3ccccc3C2=O)cc(N2C(=O)c3ccccc3C2=O)c1. The van der Waals surface area contributed by atoms with Gasteiger partial charge >= 0.3 is 0 Å².